The number of hydrogen-bond donors (Lipinski definition) is 1. The molecule has 0 radical (unpaired) electrons. The third-order valence-corrected chi connectivity index (χ3v) is 2.70. The van der Waals surface area contributed by atoms with Gasteiger partial charge in [0.1, 0.15) is 5.82 Å². The molecule has 2 aromatic rings. The van der Waals surface area contributed by atoms with Crippen LogP contribution in [-0.2, 0) is 11.2 Å². The summed E-state index contributed by atoms with van der Waals surface area (Å²) in [5, 5.41) is 4.68. The molecule has 0 atom stereocenters. The zero-order chi connectivity index (χ0) is 12.3. The van der Waals surface area contributed by atoms with Gasteiger partial charge in [-0.05, 0) is 34.9 Å². The van der Waals surface area contributed by atoms with Crippen LogP contribution in [0.3, 0.4) is 0 Å². The number of halogens is 1. The van der Waals surface area contributed by atoms with E-state index in [0.717, 1.165) is 16.3 Å². The van der Waals surface area contributed by atoms with Gasteiger partial charge in [-0.15, -0.1) is 0 Å². The van der Waals surface area contributed by atoms with E-state index in [-0.39, 0.29) is 11.7 Å². The molecular formula is C14H14FNO. The fourth-order valence-electron chi connectivity index (χ4n) is 1.90. The van der Waals surface area contributed by atoms with Gasteiger partial charge in [-0.3, -0.25) is 4.79 Å². The molecule has 1 amide bonds. The van der Waals surface area contributed by atoms with Gasteiger partial charge in [0.05, 0.1) is 0 Å². The predicted octanol–water partition coefficient (Wildman–Crippen LogP) is 2.66. The van der Waals surface area contributed by atoms with Gasteiger partial charge in [0.15, 0.2) is 0 Å². The fourth-order valence-corrected chi connectivity index (χ4v) is 1.90. The lowest BCUT2D eigenvalue weighted by atomic mass is 10.0. The summed E-state index contributed by atoms with van der Waals surface area (Å²) >= 11 is 0. The van der Waals surface area contributed by atoms with Crippen molar-refractivity contribution in [3.63, 3.8) is 0 Å². The van der Waals surface area contributed by atoms with E-state index in [1.807, 2.05) is 18.2 Å². The monoisotopic (exact) mass is 231 g/mol. The van der Waals surface area contributed by atoms with Crippen LogP contribution in [0.15, 0.2) is 36.4 Å². The highest BCUT2D eigenvalue weighted by Gasteiger charge is 2.02. The van der Waals surface area contributed by atoms with Gasteiger partial charge in [-0.1, -0.05) is 24.3 Å². The first kappa shape index (κ1) is 11.6. The van der Waals surface area contributed by atoms with Crippen LogP contribution in [0.2, 0.25) is 0 Å². The molecule has 2 nitrogen and oxygen atoms in total. The molecule has 0 unspecified atom stereocenters. The highest BCUT2D eigenvalue weighted by molar-refractivity contribution is 5.85. The molecule has 0 aliphatic carbocycles. The zero-order valence-corrected chi connectivity index (χ0v) is 9.66. The number of carbonyl (C=O) groups is 1. The summed E-state index contributed by atoms with van der Waals surface area (Å²) in [4.78, 5) is 10.8. The molecule has 1 N–H and O–H groups in total. The molecular weight excluding hydrogens is 217 g/mol. The minimum atomic E-state index is -0.232. The summed E-state index contributed by atoms with van der Waals surface area (Å²) in [6.07, 6.45) is 0.709. The average molecular weight is 231 g/mol. The molecule has 0 aromatic heterocycles. The number of carbonyl (C=O) groups excluding carboxylic acids is 1. The lowest BCUT2D eigenvalue weighted by molar-refractivity contribution is -0.118. The number of amides is 1. The minimum Gasteiger partial charge on any atom is -0.356 e. The van der Waals surface area contributed by atoms with Crippen molar-refractivity contribution in [1.82, 2.24) is 5.32 Å². The first-order chi connectivity index (χ1) is 8.16. The topological polar surface area (TPSA) is 29.1 Å². The molecule has 2 aromatic carbocycles. The van der Waals surface area contributed by atoms with Crippen molar-refractivity contribution in [2.45, 2.75) is 13.3 Å². The predicted molar refractivity (Wildman–Crippen MR) is 66.3 cm³/mol. The van der Waals surface area contributed by atoms with E-state index in [2.05, 4.69) is 5.32 Å². The molecule has 0 saturated heterocycles. The van der Waals surface area contributed by atoms with Gasteiger partial charge in [0.2, 0.25) is 5.91 Å². The SMILES string of the molecule is CC(=O)NCCc1cccc2ccc(F)cc12. The van der Waals surface area contributed by atoms with E-state index in [9.17, 15) is 9.18 Å². The summed E-state index contributed by atoms with van der Waals surface area (Å²) < 4.78 is 13.2. The second-order valence-corrected chi connectivity index (χ2v) is 4.02. The van der Waals surface area contributed by atoms with Crippen LogP contribution in [0.1, 0.15) is 12.5 Å². The average Bonchev–Trinajstić information content (AvgIpc) is 2.29. The lowest BCUT2D eigenvalue weighted by Crippen LogP contribution is -2.22. The standard InChI is InChI=1S/C14H14FNO/c1-10(17)16-8-7-12-4-2-3-11-5-6-13(15)9-14(11)12/h2-6,9H,7-8H2,1H3,(H,16,17). The van der Waals surface area contributed by atoms with Gasteiger partial charge in [0, 0.05) is 13.5 Å². The second kappa shape index (κ2) is 4.95. The Morgan fingerprint density at radius 1 is 1.29 bits per heavy atom. The molecule has 0 fully saturated rings. The van der Waals surface area contributed by atoms with Crippen molar-refractivity contribution in [3.05, 3.63) is 47.8 Å². The van der Waals surface area contributed by atoms with Crippen LogP contribution in [0, 0.1) is 5.82 Å². The third kappa shape index (κ3) is 2.81. The molecule has 3 heteroatoms. The highest BCUT2D eigenvalue weighted by atomic mass is 19.1. The number of fused-ring (bicyclic) bond motifs is 1. The van der Waals surface area contributed by atoms with Crippen molar-refractivity contribution < 1.29 is 9.18 Å². The number of benzene rings is 2. The van der Waals surface area contributed by atoms with Gasteiger partial charge >= 0.3 is 0 Å². The summed E-state index contributed by atoms with van der Waals surface area (Å²) in [5.74, 6) is -0.277. The maximum Gasteiger partial charge on any atom is 0.216 e. The molecule has 0 aliphatic rings. The summed E-state index contributed by atoms with van der Waals surface area (Å²) in [6, 6.07) is 10.6. The van der Waals surface area contributed by atoms with Gasteiger partial charge in [-0.25, -0.2) is 4.39 Å². The fraction of sp³-hybridized carbons (Fsp3) is 0.214. The Balaban J connectivity index is 2.27. The normalized spacial score (nSPS) is 10.5. The molecule has 0 heterocycles. The number of hydrogen-bond acceptors (Lipinski definition) is 1. The van der Waals surface area contributed by atoms with Crippen LogP contribution < -0.4 is 5.32 Å². The molecule has 2 rings (SSSR count). The van der Waals surface area contributed by atoms with Gasteiger partial charge in [0.25, 0.3) is 0 Å². The number of rotatable bonds is 3. The quantitative estimate of drug-likeness (QED) is 0.864. The van der Waals surface area contributed by atoms with Crippen molar-refractivity contribution in [3.8, 4) is 0 Å². The zero-order valence-electron chi connectivity index (χ0n) is 9.66. The Bertz CT molecular complexity index is 551. The Labute approximate surface area is 99.4 Å². The van der Waals surface area contributed by atoms with Gasteiger partial charge in [-0.2, -0.15) is 0 Å². The van der Waals surface area contributed by atoms with Crippen LogP contribution in [0.5, 0.6) is 0 Å². The minimum absolute atomic E-state index is 0.0450. The third-order valence-electron chi connectivity index (χ3n) is 2.70. The Kier molecular flexibility index (Phi) is 3.38. The molecule has 17 heavy (non-hydrogen) atoms. The summed E-state index contributed by atoms with van der Waals surface area (Å²) in [6.45, 7) is 2.06. The first-order valence-electron chi connectivity index (χ1n) is 5.58. The van der Waals surface area contributed by atoms with Crippen LogP contribution in [0.25, 0.3) is 10.8 Å². The maximum atomic E-state index is 13.2. The smallest absolute Gasteiger partial charge is 0.216 e. The molecule has 0 bridgehead atoms. The first-order valence-corrected chi connectivity index (χ1v) is 5.58. The number of nitrogens with one attached hydrogen (secondary N) is 1. The largest absolute Gasteiger partial charge is 0.356 e. The Hall–Kier alpha value is -1.90. The Morgan fingerprint density at radius 2 is 2.12 bits per heavy atom. The van der Waals surface area contributed by atoms with E-state index in [1.165, 1.54) is 13.0 Å². The van der Waals surface area contributed by atoms with Crippen molar-refractivity contribution in [2.24, 2.45) is 0 Å². The molecule has 0 aliphatic heterocycles. The van der Waals surface area contributed by atoms with Crippen molar-refractivity contribution in [2.75, 3.05) is 6.54 Å². The van der Waals surface area contributed by atoms with Crippen molar-refractivity contribution in [1.29, 1.82) is 0 Å². The van der Waals surface area contributed by atoms with Gasteiger partial charge < -0.3 is 5.32 Å². The lowest BCUT2D eigenvalue weighted by Gasteiger charge is -2.07. The highest BCUT2D eigenvalue weighted by Crippen LogP contribution is 2.20. The maximum absolute atomic E-state index is 13.2. The second-order valence-electron chi connectivity index (χ2n) is 4.02. The van der Waals surface area contributed by atoms with E-state index in [0.29, 0.717) is 13.0 Å². The van der Waals surface area contributed by atoms with E-state index in [4.69, 9.17) is 0 Å². The van der Waals surface area contributed by atoms with E-state index in [1.54, 1.807) is 12.1 Å². The van der Waals surface area contributed by atoms with E-state index >= 15 is 0 Å². The molecule has 0 spiro atoms. The van der Waals surface area contributed by atoms with Crippen molar-refractivity contribution >= 4 is 16.7 Å². The van der Waals surface area contributed by atoms with Crippen LogP contribution in [0.4, 0.5) is 4.39 Å². The summed E-state index contributed by atoms with van der Waals surface area (Å²) in [7, 11) is 0. The van der Waals surface area contributed by atoms with Crippen LogP contribution >= 0.6 is 0 Å². The summed E-state index contributed by atoms with van der Waals surface area (Å²) in [5.41, 5.74) is 1.05. The molecule has 88 valence electrons. The van der Waals surface area contributed by atoms with E-state index < -0.39 is 0 Å². The van der Waals surface area contributed by atoms with Crippen LogP contribution in [-0.4, -0.2) is 12.5 Å². The Morgan fingerprint density at radius 3 is 2.88 bits per heavy atom. The molecule has 0 saturated carbocycles.